The molecule has 0 saturated carbocycles. The summed E-state index contributed by atoms with van der Waals surface area (Å²) in [6, 6.07) is 23.0. The van der Waals surface area contributed by atoms with Gasteiger partial charge in [-0.05, 0) is 30.4 Å². The van der Waals surface area contributed by atoms with Crippen LogP contribution in [0.4, 0.5) is 0 Å². The zero-order valence-electron chi connectivity index (χ0n) is 16.8. The van der Waals surface area contributed by atoms with Crippen LogP contribution < -0.4 is 10.1 Å². The fourth-order valence-corrected chi connectivity index (χ4v) is 3.32. The number of nitrogens with zero attached hydrogens (tertiary/aromatic N) is 1. The zero-order valence-corrected chi connectivity index (χ0v) is 16.8. The summed E-state index contributed by atoms with van der Waals surface area (Å²) in [4.78, 5) is 26.7. The number of fused-ring (bicyclic) bond motifs is 1. The van der Waals surface area contributed by atoms with Crippen molar-refractivity contribution in [2.24, 2.45) is 0 Å². The van der Waals surface area contributed by atoms with Gasteiger partial charge in [-0.1, -0.05) is 66.7 Å². The number of amides is 2. The summed E-state index contributed by atoms with van der Waals surface area (Å²) < 4.78 is 5.85. The summed E-state index contributed by atoms with van der Waals surface area (Å²) in [5, 5.41) is 4.63. The lowest BCUT2D eigenvalue weighted by molar-refractivity contribution is -0.141. The summed E-state index contributed by atoms with van der Waals surface area (Å²) >= 11 is 0. The number of hydrogen-bond acceptors (Lipinski definition) is 3. The van der Waals surface area contributed by atoms with E-state index in [1.165, 1.54) is 0 Å². The lowest BCUT2D eigenvalue weighted by Gasteiger charge is -2.28. The molecule has 0 radical (unpaired) electrons. The van der Waals surface area contributed by atoms with Crippen LogP contribution in [0.15, 0.2) is 72.8 Å². The zero-order chi connectivity index (χ0) is 20.6. The van der Waals surface area contributed by atoms with Gasteiger partial charge in [0, 0.05) is 19.0 Å². The monoisotopic (exact) mass is 390 g/mol. The summed E-state index contributed by atoms with van der Waals surface area (Å²) in [6.07, 6.45) is 0.669. The molecule has 0 bridgehead atoms. The van der Waals surface area contributed by atoms with E-state index < -0.39 is 6.04 Å². The number of hydrogen-bond donors (Lipinski definition) is 1. The van der Waals surface area contributed by atoms with Gasteiger partial charge in [-0.25, -0.2) is 0 Å². The van der Waals surface area contributed by atoms with E-state index in [1.807, 2.05) is 72.8 Å². The molecule has 5 nitrogen and oxygen atoms in total. The molecule has 2 amide bonds. The third-order valence-corrected chi connectivity index (χ3v) is 5.00. The van der Waals surface area contributed by atoms with Crippen molar-refractivity contribution in [1.82, 2.24) is 10.2 Å². The predicted octanol–water partition coefficient (Wildman–Crippen LogP) is 3.42. The second kappa shape index (κ2) is 9.73. The van der Waals surface area contributed by atoms with E-state index in [0.717, 1.165) is 16.3 Å². The molecular formula is C24H26N2O3. The molecular weight excluding hydrogens is 364 g/mol. The van der Waals surface area contributed by atoms with Gasteiger partial charge in [-0.2, -0.15) is 0 Å². The maximum absolute atomic E-state index is 13.0. The third kappa shape index (κ3) is 5.13. The Morgan fingerprint density at radius 3 is 2.41 bits per heavy atom. The molecule has 29 heavy (non-hydrogen) atoms. The fourth-order valence-electron chi connectivity index (χ4n) is 3.32. The normalized spacial score (nSPS) is 11.7. The largest absolute Gasteiger partial charge is 0.483 e. The van der Waals surface area contributed by atoms with Gasteiger partial charge in [0.2, 0.25) is 5.91 Å². The van der Waals surface area contributed by atoms with Crippen LogP contribution in [0.1, 0.15) is 12.5 Å². The van der Waals surface area contributed by atoms with E-state index in [0.29, 0.717) is 18.7 Å². The van der Waals surface area contributed by atoms with E-state index in [4.69, 9.17) is 4.74 Å². The summed E-state index contributed by atoms with van der Waals surface area (Å²) in [5.41, 5.74) is 1.12. The predicted molar refractivity (Wildman–Crippen MR) is 115 cm³/mol. The number of rotatable bonds is 8. The second-order valence-electron chi connectivity index (χ2n) is 6.88. The molecule has 0 heterocycles. The van der Waals surface area contributed by atoms with Crippen LogP contribution in [-0.4, -0.2) is 43.0 Å². The first kappa shape index (κ1) is 20.4. The van der Waals surface area contributed by atoms with Crippen molar-refractivity contribution >= 4 is 22.6 Å². The highest BCUT2D eigenvalue weighted by atomic mass is 16.5. The highest BCUT2D eigenvalue weighted by molar-refractivity contribution is 5.90. The molecule has 0 fully saturated rings. The van der Waals surface area contributed by atoms with E-state index in [-0.39, 0.29) is 18.4 Å². The Hall–Kier alpha value is -3.34. The number of carbonyl (C=O) groups is 2. The summed E-state index contributed by atoms with van der Waals surface area (Å²) in [5.74, 6) is 0.244. The minimum Gasteiger partial charge on any atom is -0.483 e. The van der Waals surface area contributed by atoms with Crippen LogP contribution in [0, 0.1) is 0 Å². The molecule has 0 aliphatic rings. The lowest BCUT2D eigenvalue weighted by atomic mass is 10.1. The molecule has 1 N–H and O–H groups in total. The average molecular weight is 390 g/mol. The maximum atomic E-state index is 13.0. The van der Waals surface area contributed by atoms with Crippen LogP contribution in [0.25, 0.3) is 10.8 Å². The molecule has 0 aliphatic carbocycles. The standard InChI is InChI=1S/C24H26N2O3/c1-18(24(28)25-2)26(16-15-19-9-4-3-5-10-19)23(27)17-29-22-14-8-12-20-11-6-7-13-21(20)22/h3-14,18H,15-17H2,1-2H3,(H,25,28)/t18-/m1/s1. The second-order valence-corrected chi connectivity index (χ2v) is 6.88. The summed E-state index contributed by atoms with van der Waals surface area (Å²) in [7, 11) is 1.57. The quantitative estimate of drug-likeness (QED) is 0.641. The molecule has 0 aromatic heterocycles. The first-order chi connectivity index (χ1) is 14.1. The first-order valence-corrected chi connectivity index (χ1v) is 9.75. The minimum absolute atomic E-state index is 0.121. The minimum atomic E-state index is -0.577. The Morgan fingerprint density at radius 1 is 0.966 bits per heavy atom. The van der Waals surface area contributed by atoms with Gasteiger partial charge < -0.3 is 15.0 Å². The number of ether oxygens (including phenoxy) is 1. The molecule has 3 aromatic rings. The molecule has 150 valence electrons. The molecule has 0 aliphatic heterocycles. The van der Waals surface area contributed by atoms with Crippen LogP contribution in [-0.2, 0) is 16.0 Å². The molecule has 0 unspecified atom stereocenters. The number of likely N-dealkylation sites (N-methyl/N-ethyl adjacent to an activating group) is 1. The fraction of sp³-hybridized carbons (Fsp3) is 0.250. The Labute approximate surface area is 171 Å². The van der Waals surface area contributed by atoms with Crippen molar-refractivity contribution in [2.75, 3.05) is 20.2 Å². The Balaban J connectivity index is 1.72. The van der Waals surface area contributed by atoms with Crippen molar-refractivity contribution in [3.8, 4) is 5.75 Å². The third-order valence-electron chi connectivity index (χ3n) is 5.00. The van der Waals surface area contributed by atoms with Gasteiger partial charge in [-0.15, -0.1) is 0 Å². The molecule has 0 spiro atoms. The van der Waals surface area contributed by atoms with Gasteiger partial charge >= 0.3 is 0 Å². The van der Waals surface area contributed by atoms with Crippen LogP contribution in [0.2, 0.25) is 0 Å². The average Bonchev–Trinajstić information content (AvgIpc) is 2.77. The highest BCUT2D eigenvalue weighted by Crippen LogP contribution is 2.25. The SMILES string of the molecule is CNC(=O)[C@@H](C)N(CCc1ccccc1)C(=O)COc1cccc2ccccc12. The van der Waals surface area contributed by atoms with Crippen LogP contribution >= 0.6 is 0 Å². The van der Waals surface area contributed by atoms with Crippen molar-refractivity contribution in [3.63, 3.8) is 0 Å². The molecule has 5 heteroatoms. The van der Waals surface area contributed by atoms with Crippen LogP contribution in [0.5, 0.6) is 5.75 Å². The van der Waals surface area contributed by atoms with Crippen molar-refractivity contribution in [1.29, 1.82) is 0 Å². The Bertz CT molecular complexity index is 967. The Morgan fingerprint density at radius 2 is 1.66 bits per heavy atom. The molecule has 0 saturated heterocycles. The van der Waals surface area contributed by atoms with Crippen molar-refractivity contribution in [3.05, 3.63) is 78.4 Å². The van der Waals surface area contributed by atoms with Gasteiger partial charge in [0.1, 0.15) is 11.8 Å². The van der Waals surface area contributed by atoms with E-state index >= 15 is 0 Å². The molecule has 3 aromatic carbocycles. The van der Waals surface area contributed by atoms with Gasteiger partial charge in [0.15, 0.2) is 6.61 Å². The van der Waals surface area contributed by atoms with Crippen molar-refractivity contribution < 1.29 is 14.3 Å². The summed E-state index contributed by atoms with van der Waals surface area (Å²) in [6.45, 7) is 2.06. The van der Waals surface area contributed by atoms with E-state index in [9.17, 15) is 9.59 Å². The molecule has 1 atom stereocenters. The van der Waals surface area contributed by atoms with Crippen LogP contribution in [0.3, 0.4) is 0 Å². The van der Waals surface area contributed by atoms with E-state index in [1.54, 1.807) is 18.9 Å². The maximum Gasteiger partial charge on any atom is 0.261 e. The highest BCUT2D eigenvalue weighted by Gasteiger charge is 2.25. The van der Waals surface area contributed by atoms with Crippen molar-refractivity contribution in [2.45, 2.75) is 19.4 Å². The van der Waals surface area contributed by atoms with E-state index in [2.05, 4.69) is 5.32 Å². The Kier molecular flexibility index (Phi) is 6.85. The number of nitrogens with one attached hydrogen (secondary N) is 1. The smallest absolute Gasteiger partial charge is 0.261 e. The topological polar surface area (TPSA) is 58.6 Å². The van der Waals surface area contributed by atoms with Gasteiger partial charge in [0.05, 0.1) is 0 Å². The van der Waals surface area contributed by atoms with Gasteiger partial charge in [-0.3, -0.25) is 9.59 Å². The number of benzene rings is 3. The first-order valence-electron chi connectivity index (χ1n) is 9.75. The number of carbonyl (C=O) groups excluding carboxylic acids is 2. The lowest BCUT2D eigenvalue weighted by Crippen LogP contribution is -2.49. The van der Waals surface area contributed by atoms with Gasteiger partial charge in [0.25, 0.3) is 5.91 Å². The molecule has 3 rings (SSSR count).